The van der Waals surface area contributed by atoms with E-state index >= 15 is 0 Å². The van der Waals surface area contributed by atoms with E-state index in [0.717, 1.165) is 20.6 Å². The lowest BCUT2D eigenvalue weighted by Crippen LogP contribution is -2.10. The van der Waals surface area contributed by atoms with E-state index in [1.165, 1.54) is 11.3 Å². The summed E-state index contributed by atoms with van der Waals surface area (Å²) in [4.78, 5) is 12.6. The van der Waals surface area contributed by atoms with Gasteiger partial charge in [0.05, 0.1) is 14.4 Å². The summed E-state index contributed by atoms with van der Waals surface area (Å²) >= 11 is 4.79. The summed E-state index contributed by atoms with van der Waals surface area (Å²) in [7, 11) is 0. The summed E-state index contributed by atoms with van der Waals surface area (Å²) in [6.45, 7) is 5.64. The van der Waals surface area contributed by atoms with Crippen molar-refractivity contribution in [1.82, 2.24) is 5.16 Å². The van der Waals surface area contributed by atoms with Crippen molar-refractivity contribution in [2.45, 2.75) is 20.8 Å². The van der Waals surface area contributed by atoms with Gasteiger partial charge in [-0.05, 0) is 48.3 Å². The maximum atomic E-state index is 11.9. The molecule has 2 aromatic heterocycles. The van der Waals surface area contributed by atoms with E-state index in [9.17, 15) is 4.79 Å². The lowest BCUT2D eigenvalue weighted by Gasteiger charge is -1.98. The summed E-state index contributed by atoms with van der Waals surface area (Å²) in [5, 5.41) is 6.50. The smallest absolute Gasteiger partial charge is 0.268 e. The van der Waals surface area contributed by atoms with Crippen LogP contribution in [0.1, 0.15) is 26.5 Å². The van der Waals surface area contributed by atoms with Crippen molar-refractivity contribution in [2.24, 2.45) is 0 Å². The van der Waals surface area contributed by atoms with Gasteiger partial charge in [0.2, 0.25) is 5.88 Å². The molecule has 0 aromatic carbocycles. The molecule has 4 nitrogen and oxygen atoms in total. The molecule has 1 amide bonds. The maximum absolute atomic E-state index is 11.9. The molecule has 0 spiro atoms. The number of nitrogens with one attached hydrogen (secondary N) is 1. The predicted octanol–water partition coefficient (Wildman–Crippen LogP) is 3.68. The van der Waals surface area contributed by atoms with E-state index < -0.39 is 0 Å². The van der Waals surface area contributed by atoms with Crippen molar-refractivity contribution in [1.29, 1.82) is 0 Å². The molecule has 2 rings (SSSR count). The number of carbonyl (C=O) groups is 1. The molecule has 0 radical (unpaired) electrons. The number of aryl methyl sites for hydroxylation is 2. The van der Waals surface area contributed by atoms with E-state index in [2.05, 4.69) is 26.4 Å². The first-order valence-electron chi connectivity index (χ1n) is 4.99. The number of thiophene rings is 1. The Morgan fingerprint density at radius 1 is 1.47 bits per heavy atom. The Morgan fingerprint density at radius 2 is 2.18 bits per heavy atom. The number of amides is 1. The highest BCUT2D eigenvalue weighted by atomic mass is 79.9. The Labute approximate surface area is 111 Å². The van der Waals surface area contributed by atoms with Crippen LogP contribution in [-0.2, 0) is 0 Å². The number of rotatable bonds is 2. The zero-order chi connectivity index (χ0) is 12.6. The minimum atomic E-state index is -0.178. The van der Waals surface area contributed by atoms with Gasteiger partial charge in [0.25, 0.3) is 5.91 Å². The molecule has 2 heterocycles. The number of hydrogen-bond donors (Lipinski definition) is 1. The highest BCUT2D eigenvalue weighted by Crippen LogP contribution is 2.28. The number of carbonyl (C=O) groups excluding carboxylic acids is 1. The van der Waals surface area contributed by atoms with Crippen LogP contribution in [0.4, 0.5) is 5.88 Å². The van der Waals surface area contributed by atoms with Gasteiger partial charge in [0, 0.05) is 5.56 Å². The van der Waals surface area contributed by atoms with Gasteiger partial charge in [0.15, 0.2) is 0 Å². The van der Waals surface area contributed by atoms with Crippen molar-refractivity contribution in [3.8, 4) is 0 Å². The second-order valence-corrected chi connectivity index (χ2v) is 6.11. The molecule has 0 aliphatic carbocycles. The average molecular weight is 315 g/mol. The average Bonchev–Trinajstić information content (AvgIpc) is 2.77. The first-order chi connectivity index (χ1) is 7.99. The third-order valence-electron chi connectivity index (χ3n) is 2.47. The van der Waals surface area contributed by atoms with Crippen molar-refractivity contribution in [3.05, 3.63) is 31.6 Å². The van der Waals surface area contributed by atoms with E-state index in [4.69, 9.17) is 4.52 Å². The van der Waals surface area contributed by atoms with E-state index in [1.807, 2.05) is 26.8 Å². The van der Waals surface area contributed by atoms with Crippen LogP contribution < -0.4 is 5.32 Å². The third kappa shape index (κ3) is 2.42. The Bertz CT molecular complexity index is 555. The van der Waals surface area contributed by atoms with Gasteiger partial charge in [-0.1, -0.05) is 5.16 Å². The van der Waals surface area contributed by atoms with Gasteiger partial charge in [0.1, 0.15) is 0 Å². The summed E-state index contributed by atoms with van der Waals surface area (Å²) < 4.78 is 6.00. The predicted molar refractivity (Wildman–Crippen MR) is 70.7 cm³/mol. The second kappa shape index (κ2) is 4.62. The van der Waals surface area contributed by atoms with Crippen LogP contribution in [0, 0.1) is 20.8 Å². The molecule has 0 saturated carbocycles. The normalized spacial score (nSPS) is 10.6. The van der Waals surface area contributed by atoms with Crippen LogP contribution in [0.15, 0.2) is 14.4 Å². The van der Waals surface area contributed by atoms with Crippen LogP contribution in [0.2, 0.25) is 0 Å². The highest BCUT2D eigenvalue weighted by molar-refractivity contribution is 9.11. The Hall–Kier alpha value is -1.14. The Balaban J connectivity index is 2.20. The van der Waals surface area contributed by atoms with Crippen LogP contribution >= 0.6 is 27.3 Å². The molecule has 0 unspecified atom stereocenters. The van der Waals surface area contributed by atoms with Crippen molar-refractivity contribution < 1.29 is 9.32 Å². The minimum absolute atomic E-state index is 0.178. The number of hydrogen-bond acceptors (Lipinski definition) is 4. The topological polar surface area (TPSA) is 55.1 Å². The van der Waals surface area contributed by atoms with Crippen molar-refractivity contribution >= 4 is 39.1 Å². The fourth-order valence-electron chi connectivity index (χ4n) is 1.27. The second-order valence-electron chi connectivity index (χ2n) is 3.74. The van der Waals surface area contributed by atoms with Gasteiger partial charge in [-0.25, -0.2) is 0 Å². The molecule has 17 heavy (non-hydrogen) atoms. The SMILES string of the molecule is Cc1cc(C(=O)Nc2onc(C)c2C)sc1Br. The third-order valence-corrected chi connectivity index (χ3v) is 4.60. The highest BCUT2D eigenvalue weighted by Gasteiger charge is 2.15. The molecule has 0 saturated heterocycles. The first kappa shape index (κ1) is 12.3. The van der Waals surface area contributed by atoms with Crippen LogP contribution in [0.3, 0.4) is 0 Å². The molecule has 6 heteroatoms. The van der Waals surface area contributed by atoms with Crippen LogP contribution in [0.25, 0.3) is 0 Å². The fourth-order valence-corrected chi connectivity index (χ4v) is 2.70. The first-order valence-corrected chi connectivity index (χ1v) is 6.60. The van der Waals surface area contributed by atoms with Crippen molar-refractivity contribution in [3.63, 3.8) is 0 Å². The molecule has 0 fully saturated rings. The quantitative estimate of drug-likeness (QED) is 0.920. The number of aromatic nitrogens is 1. The zero-order valence-electron chi connectivity index (χ0n) is 9.63. The molecular weight excluding hydrogens is 304 g/mol. The van der Waals surface area contributed by atoms with Gasteiger partial charge in [-0.2, -0.15) is 0 Å². The summed E-state index contributed by atoms with van der Waals surface area (Å²) in [6.07, 6.45) is 0. The van der Waals surface area contributed by atoms with Crippen LogP contribution in [-0.4, -0.2) is 11.1 Å². The zero-order valence-corrected chi connectivity index (χ0v) is 12.0. The fraction of sp³-hybridized carbons (Fsp3) is 0.273. The van der Waals surface area contributed by atoms with Gasteiger partial charge in [-0.3, -0.25) is 10.1 Å². The molecule has 0 atom stereocenters. The largest absolute Gasteiger partial charge is 0.338 e. The van der Waals surface area contributed by atoms with Gasteiger partial charge >= 0.3 is 0 Å². The monoisotopic (exact) mass is 314 g/mol. The maximum Gasteiger partial charge on any atom is 0.268 e. The Morgan fingerprint density at radius 3 is 2.65 bits per heavy atom. The molecule has 2 aromatic rings. The van der Waals surface area contributed by atoms with Gasteiger partial charge in [-0.15, -0.1) is 11.3 Å². The van der Waals surface area contributed by atoms with E-state index in [-0.39, 0.29) is 5.91 Å². The lowest BCUT2D eigenvalue weighted by molar-refractivity contribution is 0.102. The lowest BCUT2D eigenvalue weighted by atomic mass is 10.3. The van der Waals surface area contributed by atoms with Crippen LogP contribution in [0.5, 0.6) is 0 Å². The molecule has 90 valence electrons. The van der Waals surface area contributed by atoms with Gasteiger partial charge < -0.3 is 4.52 Å². The summed E-state index contributed by atoms with van der Waals surface area (Å²) in [5.41, 5.74) is 2.68. The molecule has 0 aliphatic rings. The number of halogens is 1. The number of nitrogens with zero attached hydrogens (tertiary/aromatic N) is 1. The minimum Gasteiger partial charge on any atom is -0.338 e. The molecule has 0 aliphatic heterocycles. The van der Waals surface area contributed by atoms with Crippen molar-refractivity contribution in [2.75, 3.05) is 5.32 Å². The number of anilines is 1. The standard InChI is InChI=1S/C11H11BrN2O2S/c1-5-4-8(17-9(5)12)10(15)13-11-6(2)7(3)14-16-11/h4H,1-3H3,(H,13,15). The molecular formula is C11H11BrN2O2S. The summed E-state index contributed by atoms with van der Waals surface area (Å²) in [5.74, 6) is 0.234. The molecule has 1 N–H and O–H groups in total. The molecule has 0 bridgehead atoms. The van der Waals surface area contributed by atoms with E-state index in [1.54, 1.807) is 0 Å². The Kier molecular flexibility index (Phi) is 3.35. The van der Waals surface area contributed by atoms with E-state index in [0.29, 0.717) is 10.8 Å². The summed E-state index contributed by atoms with van der Waals surface area (Å²) in [6, 6.07) is 1.84.